The van der Waals surface area contributed by atoms with E-state index in [4.69, 9.17) is 16.1 Å². The normalized spacial score (nSPS) is 12.6. The lowest BCUT2D eigenvalue weighted by molar-refractivity contribution is 0.310. The average Bonchev–Trinajstić information content (AvgIpc) is 3.24. The number of aryl methyl sites for hydroxylation is 1. The third-order valence-corrected chi connectivity index (χ3v) is 4.42. The van der Waals surface area contributed by atoms with Crippen LogP contribution in [0, 0.1) is 0 Å². The van der Waals surface area contributed by atoms with Gasteiger partial charge in [-0.25, -0.2) is 9.61 Å². The van der Waals surface area contributed by atoms with E-state index in [1.165, 1.54) is 0 Å². The molecule has 132 valence electrons. The Morgan fingerprint density at radius 1 is 1.23 bits per heavy atom. The first-order valence-electron chi connectivity index (χ1n) is 8.38. The number of hydrogen-bond donors (Lipinski definition) is 2. The van der Waals surface area contributed by atoms with Crippen LogP contribution in [0.25, 0.3) is 33.7 Å². The number of nitrogens with zero attached hydrogens (tertiary/aromatic N) is 5. The van der Waals surface area contributed by atoms with Crippen molar-refractivity contribution in [1.82, 2.24) is 24.8 Å². The van der Waals surface area contributed by atoms with Crippen LogP contribution in [-0.2, 0) is 6.54 Å². The fourth-order valence-corrected chi connectivity index (χ4v) is 3.13. The number of rotatable bonds is 4. The van der Waals surface area contributed by atoms with Crippen molar-refractivity contribution in [3.63, 3.8) is 0 Å². The molecule has 0 aliphatic carbocycles. The zero-order chi connectivity index (χ0) is 18.3. The maximum absolute atomic E-state index is 6.04. The molecule has 8 nitrogen and oxygen atoms in total. The van der Waals surface area contributed by atoms with E-state index in [2.05, 4.69) is 26.3 Å². The molecule has 1 unspecified atom stereocenters. The molecule has 0 aliphatic rings. The fourth-order valence-electron chi connectivity index (χ4n) is 3.13. The van der Waals surface area contributed by atoms with Gasteiger partial charge < -0.3 is 16.0 Å². The predicted octanol–water partition coefficient (Wildman–Crippen LogP) is 2.77. The number of benzene rings is 1. The lowest BCUT2D eigenvalue weighted by atomic mass is 10.0. The summed E-state index contributed by atoms with van der Waals surface area (Å²) in [5.41, 5.74) is 17.1. The third-order valence-electron chi connectivity index (χ3n) is 4.42. The molecule has 4 rings (SSSR count). The van der Waals surface area contributed by atoms with Crippen LogP contribution in [-0.4, -0.2) is 24.8 Å². The van der Waals surface area contributed by atoms with Gasteiger partial charge in [-0.2, -0.15) is 0 Å². The highest BCUT2D eigenvalue weighted by Gasteiger charge is 2.21. The number of pyridine rings is 1. The molecule has 0 fully saturated rings. The topological polar surface area (TPSA) is 122 Å². The number of nitrogens with two attached hydrogens (primary N) is 2. The molecule has 1 aromatic carbocycles. The van der Waals surface area contributed by atoms with E-state index in [0.29, 0.717) is 18.1 Å². The molecule has 0 aliphatic heterocycles. The Balaban J connectivity index is 1.99. The zero-order valence-corrected chi connectivity index (χ0v) is 14.5. The van der Waals surface area contributed by atoms with Crippen molar-refractivity contribution in [2.75, 3.05) is 5.73 Å². The Morgan fingerprint density at radius 2 is 2.08 bits per heavy atom. The van der Waals surface area contributed by atoms with Gasteiger partial charge in [0.1, 0.15) is 5.52 Å². The van der Waals surface area contributed by atoms with E-state index in [1.807, 2.05) is 42.8 Å². The smallest absolute Gasteiger partial charge is 0.199 e. The Labute approximate surface area is 149 Å². The number of aromatic nitrogens is 5. The highest BCUT2D eigenvalue weighted by Crippen LogP contribution is 2.33. The van der Waals surface area contributed by atoms with Crippen LogP contribution in [0.2, 0.25) is 0 Å². The summed E-state index contributed by atoms with van der Waals surface area (Å²) in [5.74, 6) is 0.822. The Morgan fingerprint density at radius 3 is 2.77 bits per heavy atom. The van der Waals surface area contributed by atoms with Crippen LogP contribution >= 0.6 is 0 Å². The Bertz CT molecular complexity index is 1080. The largest absolute Gasteiger partial charge is 0.379 e. The molecule has 4 aromatic rings. The van der Waals surface area contributed by atoms with Gasteiger partial charge in [0.25, 0.3) is 0 Å². The Hall–Kier alpha value is -3.26. The van der Waals surface area contributed by atoms with E-state index in [1.54, 1.807) is 6.20 Å². The first kappa shape index (κ1) is 16.2. The second kappa shape index (κ2) is 6.23. The molecule has 0 spiro atoms. The molecule has 0 radical (unpaired) electrons. The van der Waals surface area contributed by atoms with E-state index in [9.17, 15) is 0 Å². The van der Waals surface area contributed by atoms with Crippen molar-refractivity contribution in [1.29, 1.82) is 0 Å². The van der Waals surface area contributed by atoms with Gasteiger partial charge in [-0.3, -0.25) is 4.98 Å². The van der Waals surface area contributed by atoms with Gasteiger partial charge in [-0.1, -0.05) is 18.2 Å². The second-order valence-corrected chi connectivity index (χ2v) is 6.15. The summed E-state index contributed by atoms with van der Waals surface area (Å²) in [6.45, 7) is 4.69. The van der Waals surface area contributed by atoms with Gasteiger partial charge in [0.15, 0.2) is 17.3 Å². The SMILES string of the molecule is CCn1c(-c2nonc2N)nc2cncc(-c3cccc(C(C)N)c3)c21. The monoisotopic (exact) mass is 349 g/mol. The van der Waals surface area contributed by atoms with Gasteiger partial charge in [0.2, 0.25) is 0 Å². The number of hydrogen-bond acceptors (Lipinski definition) is 7. The first-order valence-corrected chi connectivity index (χ1v) is 8.38. The van der Waals surface area contributed by atoms with Crippen LogP contribution < -0.4 is 11.5 Å². The molecule has 4 N–H and O–H groups in total. The number of imidazole rings is 1. The standard InChI is InChI=1S/C18H19N7O/c1-3-25-16-13(12-6-4-5-11(7-12)10(2)19)8-21-9-14(16)22-18(25)15-17(20)24-26-23-15/h4-10H,3,19H2,1-2H3,(H2,20,24). The molecule has 0 bridgehead atoms. The molecule has 26 heavy (non-hydrogen) atoms. The van der Waals surface area contributed by atoms with Crippen molar-refractivity contribution in [3.8, 4) is 22.6 Å². The van der Waals surface area contributed by atoms with Crippen molar-refractivity contribution in [2.24, 2.45) is 5.73 Å². The van der Waals surface area contributed by atoms with Crippen molar-refractivity contribution in [2.45, 2.75) is 26.4 Å². The molecule has 3 heterocycles. The van der Waals surface area contributed by atoms with Gasteiger partial charge in [-0.05, 0) is 41.4 Å². The maximum Gasteiger partial charge on any atom is 0.199 e. The van der Waals surface area contributed by atoms with E-state index < -0.39 is 0 Å². The molecule has 0 saturated carbocycles. The highest BCUT2D eigenvalue weighted by molar-refractivity contribution is 5.94. The zero-order valence-electron chi connectivity index (χ0n) is 14.5. The minimum absolute atomic E-state index is 0.0465. The minimum Gasteiger partial charge on any atom is -0.379 e. The fraction of sp³-hybridized carbons (Fsp3) is 0.222. The maximum atomic E-state index is 6.04. The summed E-state index contributed by atoms with van der Waals surface area (Å²) >= 11 is 0. The van der Waals surface area contributed by atoms with E-state index in [-0.39, 0.29) is 11.9 Å². The van der Waals surface area contributed by atoms with Gasteiger partial charge in [-0.15, -0.1) is 0 Å². The number of nitrogen functional groups attached to an aromatic ring is 1. The lowest BCUT2D eigenvalue weighted by Gasteiger charge is -2.11. The molecule has 1 atom stereocenters. The van der Waals surface area contributed by atoms with Crippen molar-refractivity contribution < 1.29 is 4.63 Å². The van der Waals surface area contributed by atoms with E-state index in [0.717, 1.165) is 27.7 Å². The summed E-state index contributed by atoms with van der Waals surface area (Å²) in [6.07, 6.45) is 3.57. The van der Waals surface area contributed by atoms with Crippen LogP contribution in [0.3, 0.4) is 0 Å². The van der Waals surface area contributed by atoms with Crippen LogP contribution in [0.4, 0.5) is 5.82 Å². The molecule has 0 saturated heterocycles. The summed E-state index contributed by atoms with van der Waals surface area (Å²) in [7, 11) is 0. The summed E-state index contributed by atoms with van der Waals surface area (Å²) in [4.78, 5) is 9.02. The average molecular weight is 349 g/mol. The van der Waals surface area contributed by atoms with Crippen LogP contribution in [0.15, 0.2) is 41.3 Å². The summed E-state index contributed by atoms with van der Waals surface area (Å²) < 4.78 is 6.79. The summed E-state index contributed by atoms with van der Waals surface area (Å²) in [5, 5.41) is 7.56. The summed E-state index contributed by atoms with van der Waals surface area (Å²) in [6, 6.07) is 8.10. The van der Waals surface area contributed by atoms with Gasteiger partial charge in [0, 0.05) is 24.3 Å². The van der Waals surface area contributed by atoms with Crippen LogP contribution in [0.5, 0.6) is 0 Å². The van der Waals surface area contributed by atoms with E-state index >= 15 is 0 Å². The molecular formula is C18H19N7O. The number of fused-ring (bicyclic) bond motifs is 1. The van der Waals surface area contributed by atoms with Crippen molar-refractivity contribution >= 4 is 16.9 Å². The number of anilines is 1. The predicted molar refractivity (Wildman–Crippen MR) is 98.9 cm³/mol. The minimum atomic E-state index is -0.0465. The quantitative estimate of drug-likeness (QED) is 0.581. The first-order chi connectivity index (χ1) is 12.6. The van der Waals surface area contributed by atoms with Gasteiger partial charge in [0.05, 0.1) is 11.7 Å². The highest BCUT2D eigenvalue weighted by atomic mass is 16.6. The molecule has 8 heteroatoms. The lowest BCUT2D eigenvalue weighted by Crippen LogP contribution is -2.05. The molecule has 3 aromatic heterocycles. The molecule has 0 amide bonds. The second-order valence-electron chi connectivity index (χ2n) is 6.15. The third kappa shape index (κ3) is 2.51. The van der Waals surface area contributed by atoms with Gasteiger partial charge >= 0.3 is 0 Å². The van der Waals surface area contributed by atoms with Crippen LogP contribution in [0.1, 0.15) is 25.5 Å². The Kier molecular flexibility index (Phi) is 3.89. The molecular weight excluding hydrogens is 330 g/mol. The van der Waals surface area contributed by atoms with Crippen molar-refractivity contribution in [3.05, 3.63) is 42.2 Å².